The zero-order valence-electron chi connectivity index (χ0n) is 18.2. The van der Waals surface area contributed by atoms with E-state index in [1.165, 1.54) is 0 Å². The van der Waals surface area contributed by atoms with E-state index in [0.717, 1.165) is 24.1 Å². The lowest BCUT2D eigenvalue weighted by Gasteiger charge is -2.21. The summed E-state index contributed by atoms with van der Waals surface area (Å²) in [6.45, 7) is 2.71. The molecular formula is C27H27NO3. The molecule has 4 heteroatoms. The maximum atomic E-state index is 12.9. The van der Waals surface area contributed by atoms with E-state index in [9.17, 15) is 4.79 Å². The van der Waals surface area contributed by atoms with Crippen LogP contribution in [-0.4, -0.2) is 25.5 Å². The standard InChI is InChI=1S/C27H27NO3/c1-19-26(29)23-15-14-22(18-25(23)31-27(19)21-12-8-5-9-13-21)30-24(16-17-28(2)3)20-10-6-4-7-11-20/h4-15,18,24H,16-17H2,1-3H3. The van der Waals surface area contributed by atoms with Gasteiger partial charge in [0, 0.05) is 30.2 Å². The monoisotopic (exact) mass is 413 g/mol. The van der Waals surface area contributed by atoms with Gasteiger partial charge in [-0.1, -0.05) is 60.7 Å². The van der Waals surface area contributed by atoms with Gasteiger partial charge in [0.1, 0.15) is 23.2 Å². The largest absolute Gasteiger partial charge is 0.486 e. The van der Waals surface area contributed by atoms with Crippen LogP contribution in [0.25, 0.3) is 22.3 Å². The van der Waals surface area contributed by atoms with Crippen LogP contribution in [-0.2, 0) is 0 Å². The highest BCUT2D eigenvalue weighted by atomic mass is 16.5. The van der Waals surface area contributed by atoms with E-state index in [1.54, 1.807) is 6.07 Å². The number of fused-ring (bicyclic) bond motifs is 1. The Bertz CT molecular complexity index is 1210. The van der Waals surface area contributed by atoms with Crippen molar-refractivity contribution in [3.63, 3.8) is 0 Å². The Kier molecular flexibility index (Phi) is 6.19. The van der Waals surface area contributed by atoms with Crippen LogP contribution in [0.5, 0.6) is 5.75 Å². The molecule has 1 heterocycles. The number of hydrogen-bond acceptors (Lipinski definition) is 4. The summed E-state index contributed by atoms with van der Waals surface area (Å²) < 4.78 is 12.6. The van der Waals surface area contributed by atoms with Crippen molar-refractivity contribution >= 4 is 11.0 Å². The smallest absolute Gasteiger partial charge is 0.196 e. The minimum absolute atomic E-state index is 0.0149. The Labute approximate surface area is 182 Å². The first-order valence-electron chi connectivity index (χ1n) is 10.5. The predicted molar refractivity (Wildman–Crippen MR) is 126 cm³/mol. The maximum Gasteiger partial charge on any atom is 0.196 e. The molecule has 0 saturated carbocycles. The van der Waals surface area contributed by atoms with Crippen molar-refractivity contribution in [1.29, 1.82) is 0 Å². The molecule has 1 aromatic heterocycles. The molecule has 4 aromatic rings. The van der Waals surface area contributed by atoms with E-state index in [4.69, 9.17) is 9.15 Å². The SMILES string of the molecule is Cc1c(-c2ccccc2)oc2cc(OC(CCN(C)C)c3ccccc3)ccc2c1=O. The Morgan fingerprint density at radius 2 is 1.61 bits per heavy atom. The van der Waals surface area contributed by atoms with Crippen LogP contribution in [0, 0.1) is 6.92 Å². The van der Waals surface area contributed by atoms with Crippen molar-refractivity contribution in [1.82, 2.24) is 4.90 Å². The first-order chi connectivity index (χ1) is 15.0. The van der Waals surface area contributed by atoms with Crippen LogP contribution < -0.4 is 10.2 Å². The highest BCUT2D eigenvalue weighted by Gasteiger charge is 2.16. The van der Waals surface area contributed by atoms with Crippen LogP contribution in [0.3, 0.4) is 0 Å². The van der Waals surface area contributed by atoms with E-state index in [0.29, 0.717) is 28.0 Å². The zero-order chi connectivity index (χ0) is 21.8. The van der Waals surface area contributed by atoms with Crippen molar-refractivity contribution < 1.29 is 9.15 Å². The molecule has 0 bridgehead atoms. The molecular weight excluding hydrogens is 386 g/mol. The predicted octanol–water partition coefficient (Wildman–Crippen LogP) is 5.84. The average Bonchev–Trinajstić information content (AvgIpc) is 2.80. The molecule has 0 aliphatic carbocycles. The van der Waals surface area contributed by atoms with Gasteiger partial charge in [-0.2, -0.15) is 0 Å². The van der Waals surface area contributed by atoms with Gasteiger partial charge < -0.3 is 14.1 Å². The highest BCUT2D eigenvalue weighted by Crippen LogP contribution is 2.30. The van der Waals surface area contributed by atoms with Gasteiger partial charge in [0.15, 0.2) is 5.43 Å². The summed E-state index contributed by atoms with van der Waals surface area (Å²) in [5, 5.41) is 0.564. The minimum Gasteiger partial charge on any atom is -0.486 e. The number of hydrogen-bond donors (Lipinski definition) is 0. The molecule has 4 rings (SSSR count). The fourth-order valence-corrected chi connectivity index (χ4v) is 3.71. The lowest BCUT2D eigenvalue weighted by Crippen LogP contribution is -2.18. The van der Waals surface area contributed by atoms with Gasteiger partial charge in [-0.15, -0.1) is 0 Å². The molecule has 1 unspecified atom stereocenters. The highest BCUT2D eigenvalue weighted by molar-refractivity contribution is 5.81. The number of nitrogens with zero attached hydrogens (tertiary/aromatic N) is 1. The molecule has 0 N–H and O–H groups in total. The van der Waals surface area contributed by atoms with E-state index in [1.807, 2.05) is 67.6 Å². The lowest BCUT2D eigenvalue weighted by atomic mass is 10.1. The topological polar surface area (TPSA) is 42.7 Å². The number of benzene rings is 3. The molecule has 4 nitrogen and oxygen atoms in total. The summed E-state index contributed by atoms with van der Waals surface area (Å²) in [7, 11) is 4.11. The Morgan fingerprint density at radius 1 is 0.935 bits per heavy atom. The molecule has 158 valence electrons. The van der Waals surface area contributed by atoms with Gasteiger partial charge >= 0.3 is 0 Å². The van der Waals surface area contributed by atoms with Crippen LogP contribution >= 0.6 is 0 Å². The third-order valence-electron chi connectivity index (χ3n) is 5.42. The van der Waals surface area contributed by atoms with Crippen molar-refractivity contribution in [3.8, 4) is 17.1 Å². The summed E-state index contributed by atoms with van der Waals surface area (Å²) >= 11 is 0. The molecule has 0 fully saturated rings. The molecule has 0 aliphatic rings. The second-order valence-corrected chi connectivity index (χ2v) is 8.02. The molecule has 31 heavy (non-hydrogen) atoms. The van der Waals surface area contributed by atoms with E-state index < -0.39 is 0 Å². The third-order valence-corrected chi connectivity index (χ3v) is 5.42. The molecule has 0 aliphatic heterocycles. The van der Waals surface area contributed by atoms with Crippen molar-refractivity contribution in [2.75, 3.05) is 20.6 Å². The van der Waals surface area contributed by atoms with E-state index in [-0.39, 0.29) is 11.5 Å². The number of ether oxygens (including phenoxy) is 1. The average molecular weight is 414 g/mol. The quantitative estimate of drug-likeness (QED) is 0.382. The van der Waals surface area contributed by atoms with Crippen molar-refractivity contribution in [3.05, 3.63) is 100 Å². The van der Waals surface area contributed by atoms with Gasteiger partial charge in [0.2, 0.25) is 0 Å². The van der Waals surface area contributed by atoms with Crippen LogP contribution in [0.1, 0.15) is 23.7 Å². The van der Waals surface area contributed by atoms with Gasteiger partial charge in [-0.05, 0) is 38.7 Å². The zero-order valence-corrected chi connectivity index (χ0v) is 18.2. The molecule has 0 radical (unpaired) electrons. The normalized spacial score (nSPS) is 12.3. The first-order valence-corrected chi connectivity index (χ1v) is 10.5. The van der Waals surface area contributed by atoms with Crippen molar-refractivity contribution in [2.45, 2.75) is 19.4 Å². The molecule has 0 amide bonds. The summed E-state index contributed by atoms with van der Waals surface area (Å²) in [6, 6.07) is 25.4. The van der Waals surface area contributed by atoms with Gasteiger partial charge in [0.05, 0.1) is 5.39 Å². The van der Waals surface area contributed by atoms with Crippen LogP contribution in [0.2, 0.25) is 0 Å². The molecule has 1 atom stereocenters. The van der Waals surface area contributed by atoms with Crippen molar-refractivity contribution in [2.24, 2.45) is 0 Å². The number of rotatable bonds is 7. The fraction of sp³-hybridized carbons (Fsp3) is 0.222. The van der Waals surface area contributed by atoms with Crippen LogP contribution in [0.15, 0.2) is 88.1 Å². The van der Waals surface area contributed by atoms with Crippen LogP contribution in [0.4, 0.5) is 0 Å². The summed E-state index contributed by atoms with van der Waals surface area (Å²) in [5.74, 6) is 1.29. The van der Waals surface area contributed by atoms with Gasteiger partial charge in [-0.25, -0.2) is 0 Å². The second-order valence-electron chi connectivity index (χ2n) is 8.02. The second kappa shape index (κ2) is 9.19. The maximum absolute atomic E-state index is 12.9. The molecule has 0 saturated heterocycles. The Morgan fingerprint density at radius 3 is 2.29 bits per heavy atom. The summed E-state index contributed by atoms with van der Waals surface area (Å²) in [5.41, 5.74) is 3.14. The molecule has 0 spiro atoms. The van der Waals surface area contributed by atoms with E-state index >= 15 is 0 Å². The third kappa shape index (κ3) is 4.70. The molecule has 3 aromatic carbocycles. The lowest BCUT2D eigenvalue weighted by molar-refractivity contribution is 0.179. The fourth-order valence-electron chi connectivity index (χ4n) is 3.71. The van der Waals surface area contributed by atoms with Gasteiger partial charge in [-0.3, -0.25) is 4.79 Å². The van der Waals surface area contributed by atoms with E-state index in [2.05, 4.69) is 31.1 Å². The minimum atomic E-state index is -0.0909. The summed E-state index contributed by atoms with van der Waals surface area (Å²) in [4.78, 5) is 15.1. The van der Waals surface area contributed by atoms with Gasteiger partial charge in [0.25, 0.3) is 0 Å². The first kappa shape index (κ1) is 20.9. The Balaban J connectivity index is 1.72. The summed E-state index contributed by atoms with van der Waals surface area (Å²) in [6.07, 6.45) is 0.758. The Hall–Kier alpha value is -3.37.